The van der Waals surface area contributed by atoms with Crippen LogP contribution in [-0.2, 0) is 11.3 Å². The van der Waals surface area contributed by atoms with Crippen molar-refractivity contribution in [1.82, 2.24) is 5.32 Å². The summed E-state index contributed by atoms with van der Waals surface area (Å²) >= 11 is 3.30. The second kappa shape index (κ2) is 7.21. The molecule has 0 saturated carbocycles. The Kier molecular flexibility index (Phi) is 5.30. The third kappa shape index (κ3) is 4.61. The number of benzene rings is 1. The molecular formula is C14H15NO2S2. The van der Waals surface area contributed by atoms with E-state index in [1.54, 1.807) is 23.1 Å². The largest absolute Gasteiger partial charge is 0.484 e. The van der Waals surface area contributed by atoms with E-state index < -0.39 is 0 Å². The van der Waals surface area contributed by atoms with E-state index in [9.17, 15) is 4.79 Å². The Morgan fingerprint density at radius 3 is 2.74 bits per heavy atom. The van der Waals surface area contributed by atoms with Gasteiger partial charge < -0.3 is 10.1 Å². The van der Waals surface area contributed by atoms with Crippen LogP contribution in [0.2, 0.25) is 0 Å². The van der Waals surface area contributed by atoms with Crippen molar-refractivity contribution in [3.05, 3.63) is 46.7 Å². The SMILES string of the molecule is CSc1ccc(OCC(=O)NCc2cccs2)cc1. The molecule has 3 nitrogen and oxygen atoms in total. The molecule has 2 aromatic rings. The molecule has 0 unspecified atom stereocenters. The molecule has 0 saturated heterocycles. The molecule has 1 aromatic carbocycles. The van der Waals surface area contributed by atoms with Crippen molar-refractivity contribution in [2.45, 2.75) is 11.4 Å². The predicted molar refractivity (Wildman–Crippen MR) is 79.9 cm³/mol. The van der Waals surface area contributed by atoms with Crippen molar-refractivity contribution in [2.24, 2.45) is 0 Å². The van der Waals surface area contributed by atoms with Gasteiger partial charge in [0.25, 0.3) is 5.91 Å². The van der Waals surface area contributed by atoms with Crippen LogP contribution in [0, 0.1) is 0 Å². The molecule has 5 heteroatoms. The highest BCUT2D eigenvalue weighted by Crippen LogP contribution is 2.18. The monoisotopic (exact) mass is 293 g/mol. The van der Waals surface area contributed by atoms with E-state index in [2.05, 4.69) is 5.32 Å². The van der Waals surface area contributed by atoms with E-state index in [-0.39, 0.29) is 12.5 Å². The van der Waals surface area contributed by atoms with E-state index in [0.717, 1.165) is 4.88 Å². The molecule has 19 heavy (non-hydrogen) atoms. The van der Waals surface area contributed by atoms with Gasteiger partial charge in [0.15, 0.2) is 6.61 Å². The molecule has 0 atom stereocenters. The molecule has 0 fully saturated rings. The normalized spacial score (nSPS) is 10.2. The van der Waals surface area contributed by atoms with Gasteiger partial charge in [-0.25, -0.2) is 0 Å². The lowest BCUT2D eigenvalue weighted by Crippen LogP contribution is -2.28. The summed E-state index contributed by atoms with van der Waals surface area (Å²) < 4.78 is 5.42. The van der Waals surface area contributed by atoms with Crippen LogP contribution in [0.3, 0.4) is 0 Å². The fraction of sp³-hybridized carbons (Fsp3) is 0.214. The molecule has 1 N–H and O–H groups in total. The molecule has 1 aromatic heterocycles. The van der Waals surface area contributed by atoms with Crippen LogP contribution < -0.4 is 10.1 Å². The zero-order valence-electron chi connectivity index (χ0n) is 10.6. The Hall–Kier alpha value is -1.46. The van der Waals surface area contributed by atoms with Crippen LogP contribution in [0.5, 0.6) is 5.75 Å². The van der Waals surface area contributed by atoms with Gasteiger partial charge in [-0.05, 0) is 42.0 Å². The molecule has 2 rings (SSSR count). The Morgan fingerprint density at radius 1 is 1.32 bits per heavy atom. The predicted octanol–water partition coefficient (Wildman–Crippen LogP) is 3.17. The Balaban J connectivity index is 1.73. The first-order valence-electron chi connectivity index (χ1n) is 5.84. The smallest absolute Gasteiger partial charge is 0.258 e. The number of ether oxygens (including phenoxy) is 1. The summed E-state index contributed by atoms with van der Waals surface area (Å²) in [5.74, 6) is 0.603. The standard InChI is InChI=1S/C14H15NO2S2/c1-18-12-6-4-11(5-7-12)17-10-14(16)15-9-13-3-2-8-19-13/h2-8H,9-10H2,1H3,(H,15,16). The molecule has 0 spiro atoms. The number of hydrogen-bond donors (Lipinski definition) is 1. The fourth-order valence-corrected chi connectivity index (χ4v) is 2.52. The van der Waals surface area contributed by atoms with Crippen LogP contribution in [0.25, 0.3) is 0 Å². The van der Waals surface area contributed by atoms with E-state index in [1.165, 1.54) is 4.90 Å². The third-order valence-electron chi connectivity index (χ3n) is 2.47. The third-order valence-corrected chi connectivity index (χ3v) is 4.09. The molecule has 0 aliphatic carbocycles. The summed E-state index contributed by atoms with van der Waals surface area (Å²) in [6, 6.07) is 11.7. The molecule has 1 heterocycles. The van der Waals surface area contributed by atoms with Gasteiger partial charge in [0.2, 0.25) is 0 Å². The Labute approximate surface area is 121 Å². The van der Waals surface area contributed by atoms with Gasteiger partial charge in [-0.2, -0.15) is 0 Å². The van der Waals surface area contributed by atoms with E-state index in [4.69, 9.17) is 4.74 Å². The van der Waals surface area contributed by atoms with Gasteiger partial charge in [0, 0.05) is 9.77 Å². The van der Waals surface area contributed by atoms with Gasteiger partial charge in [-0.1, -0.05) is 6.07 Å². The zero-order chi connectivity index (χ0) is 13.5. The zero-order valence-corrected chi connectivity index (χ0v) is 12.2. The summed E-state index contributed by atoms with van der Waals surface area (Å²) in [4.78, 5) is 13.9. The summed E-state index contributed by atoms with van der Waals surface area (Å²) in [5.41, 5.74) is 0. The van der Waals surface area contributed by atoms with Crippen LogP contribution in [0.15, 0.2) is 46.7 Å². The maximum atomic E-state index is 11.6. The van der Waals surface area contributed by atoms with Crippen molar-refractivity contribution < 1.29 is 9.53 Å². The van der Waals surface area contributed by atoms with Crippen molar-refractivity contribution in [1.29, 1.82) is 0 Å². The first-order chi connectivity index (χ1) is 9.28. The lowest BCUT2D eigenvalue weighted by Gasteiger charge is -2.07. The van der Waals surface area contributed by atoms with Crippen molar-refractivity contribution in [2.75, 3.05) is 12.9 Å². The highest BCUT2D eigenvalue weighted by molar-refractivity contribution is 7.98. The quantitative estimate of drug-likeness (QED) is 0.831. The molecule has 100 valence electrons. The van der Waals surface area contributed by atoms with Gasteiger partial charge in [-0.3, -0.25) is 4.79 Å². The molecule has 1 amide bonds. The molecule has 0 radical (unpaired) electrons. The first kappa shape index (κ1) is 14.0. The summed E-state index contributed by atoms with van der Waals surface area (Å²) in [7, 11) is 0. The fourth-order valence-electron chi connectivity index (χ4n) is 1.47. The van der Waals surface area contributed by atoms with Crippen LogP contribution in [0.4, 0.5) is 0 Å². The summed E-state index contributed by atoms with van der Waals surface area (Å²) in [5, 5.41) is 4.81. The maximum Gasteiger partial charge on any atom is 0.258 e. The second-order valence-electron chi connectivity index (χ2n) is 3.82. The van der Waals surface area contributed by atoms with Crippen molar-refractivity contribution in [3.8, 4) is 5.75 Å². The Morgan fingerprint density at radius 2 is 2.11 bits per heavy atom. The second-order valence-corrected chi connectivity index (χ2v) is 5.73. The average molecular weight is 293 g/mol. The lowest BCUT2D eigenvalue weighted by molar-refractivity contribution is -0.123. The van der Waals surface area contributed by atoms with Gasteiger partial charge >= 0.3 is 0 Å². The highest BCUT2D eigenvalue weighted by Gasteiger charge is 2.03. The van der Waals surface area contributed by atoms with Gasteiger partial charge in [0.1, 0.15) is 5.75 Å². The van der Waals surface area contributed by atoms with E-state index in [1.807, 2.05) is 48.0 Å². The Bertz CT molecular complexity index is 509. The number of amides is 1. The number of thiophene rings is 1. The number of carbonyl (C=O) groups excluding carboxylic acids is 1. The van der Waals surface area contributed by atoms with E-state index in [0.29, 0.717) is 12.3 Å². The molecule has 0 aliphatic heterocycles. The molecular weight excluding hydrogens is 278 g/mol. The van der Waals surface area contributed by atoms with Crippen molar-refractivity contribution >= 4 is 29.0 Å². The summed E-state index contributed by atoms with van der Waals surface area (Å²) in [6.07, 6.45) is 2.02. The minimum Gasteiger partial charge on any atom is -0.484 e. The number of hydrogen-bond acceptors (Lipinski definition) is 4. The summed E-state index contributed by atoms with van der Waals surface area (Å²) in [6.45, 7) is 0.606. The highest BCUT2D eigenvalue weighted by atomic mass is 32.2. The van der Waals surface area contributed by atoms with Gasteiger partial charge in [-0.15, -0.1) is 23.1 Å². The molecule has 0 bridgehead atoms. The van der Waals surface area contributed by atoms with Crippen molar-refractivity contribution in [3.63, 3.8) is 0 Å². The number of rotatable bonds is 6. The van der Waals surface area contributed by atoms with Crippen LogP contribution in [-0.4, -0.2) is 18.8 Å². The maximum absolute atomic E-state index is 11.6. The van der Waals surface area contributed by atoms with Crippen LogP contribution >= 0.6 is 23.1 Å². The van der Waals surface area contributed by atoms with E-state index >= 15 is 0 Å². The van der Waals surface area contributed by atoms with Crippen LogP contribution in [0.1, 0.15) is 4.88 Å². The number of thioether (sulfide) groups is 1. The minimum absolute atomic E-state index is 0.0456. The number of nitrogens with one attached hydrogen (secondary N) is 1. The lowest BCUT2D eigenvalue weighted by atomic mass is 10.3. The number of carbonyl (C=O) groups is 1. The van der Waals surface area contributed by atoms with Gasteiger partial charge in [0.05, 0.1) is 6.54 Å². The topological polar surface area (TPSA) is 38.3 Å². The minimum atomic E-state index is -0.109. The first-order valence-corrected chi connectivity index (χ1v) is 7.94. The average Bonchev–Trinajstić information content (AvgIpc) is 2.96. The molecule has 0 aliphatic rings.